The number of rotatable bonds is 2. The van der Waals surface area contributed by atoms with Crippen molar-refractivity contribution in [3.05, 3.63) is 24.3 Å². The van der Waals surface area contributed by atoms with Crippen molar-refractivity contribution in [2.75, 3.05) is 31.6 Å². The maximum atomic E-state index is 5.47. The summed E-state index contributed by atoms with van der Waals surface area (Å²) in [5.41, 5.74) is 1.36. The molecule has 0 radical (unpaired) electrons. The van der Waals surface area contributed by atoms with Crippen LogP contribution in [-0.2, 0) is 0 Å². The molecule has 17 heavy (non-hydrogen) atoms. The van der Waals surface area contributed by atoms with Crippen LogP contribution >= 0.6 is 0 Å². The van der Waals surface area contributed by atoms with E-state index in [1.165, 1.54) is 5.69 Å². The summed E-state index contributed by atoms with van der Waals surface area (Å²) in [5, 5.41) is 3.46. The molecule has 0 bridgehead atoms. The summed E-state index contributed by atoms with van der Waals surface area (Å²) in [7, 11) is 1.74. The topological polar surface area (TPSA) is 24.5 Å². The van der Waals surface area contributed by atoms with Gasteiger partial charge in [-0.3, -0.25) is 0 Å². The van der Waals surface area contributed by atoms with E-state index in [1.54, 1.807) is 7.11 Å². The number of nitrogens with zero attached hydrogens (tertiary/aromatic N) is 1. The fourth-order valence-corrected chi connectivity index (χ4v) is 2.45. The lowest BCUT2D eigenvalue weighted by Crippen LogP contribution is -2.44. The van der Waals surface area contributed by atoms with E-state index in [0.717, 1.165) is 31.8 Å². The first-order valence-electron chi connectivity index (χ1n) is 6.26. The minimum absolute atomic E-state index is 0.165. The molecule has 1 fully saturated rings. The molecule has 0 spiro atoms. The number of benzene rings is 1. The quantitative estimate of drug-likeness (QED) is 0.849. The van der Waals surface area contributed by atoms with Gasteiger partial charge in [-0.2, -0.15) is 0 Å². The Morgan fingerprint density at radius 3 is 2.76 bits per heavy atom. The molecule has 1 heterocycles. The molecule has 0 unspecified atom stereocenters. The Kier molecular flexibility index (Phi) is 3.57. The highest BCUT2D eigenvalue weighted by Crippen LogP contribution is 2.34. The minimum Gasteiger partial charge on any atom is -0.495 e. The van der Waals surface area contributed by atoms with Gasteiger partial charge in [-0.25, -0.2) is 0 Å². The zero-order valence-corrected chi connectivity index (χ0v) is 11.0. The zero-order valence-electron chi connectivity index (χ0n) is 11.0. The Hall–Kier alpha value is -1.22. The molecule has 1 aliphatic heterocycles. The van der Waals surface area contributed by atoms with Crippen molar-refractivity contribution in [3.63, 3.8) is 0 Å². The Balaban J connectivity index is 2.35. The second-order valence-corrected chi connectivity index (χ2v) is 5.14. The van der Waals surface area contributed by atoms with Gasteiger partial charge < -0.3 is 15.0 Å². The van der Waals surface area contributed by atoms with Crippen LogP contribution in [0, 0.1) is 0 Å². The van der Waals surface area contributed by atoms with Crippen molar-refractivity contribution < 1.29 is 4.74 Å². The molecule has 1 aromatic carbocycles. The maximum absolute atomic E-state index is 5.47. The lowest BCUT2D eigenvalue weighted by Gasteiger charge is -2.39. The van der Waals surface area contributed by atoms with E-state index in [0.29, 0.717) is 0 Å². The van der Waals surface area contributed by atoms with Gasteiger partial charge in [0.1, 0.15) is 5.75 Å². The van der Waals surface area contributed by atoms with Crippen LogP contribution in [0.25, 0.3) is 0 Å². The van der Waals surface area contributed by atoms with E-state index in [1.807, 2.05) is 12.1 Å². The first-order valence-corrected chi connectivity index (χ1v) is 6.26. The predicted octanol–water partition coefficient (Wildman–Crippen LogP) is 2.27. The molecule has 0 atom stereocenters. The third kappa shape index (κ3) is 2.55. The Bertz CT molecular complexity index is 376. The van der Waals surface area contributed by atoms with Gasteiger partial charge in [0.15, 0.2) is 0 Å². The van der Waals surface area contributed by atoms with E-state index in [2.05, 4.69) is 36.2 Å². The van der Waals surface area contributed by atoms with Gasteiger partial charge in [0.25, 0.3) is 0 Å². The summed E-state index contributed by atoms with van der Waals surface area (Å²) in [6.45, 7) is 7.73. The summed E-state index contributed by atoms with van der Waals surface area (Å²) in [4.78, 5) is 2.45. The zero-order chi connectivity index (χ0) is 12.3. The van der Waals surface area contributed by atoms with Crippen molar-refractivity contribution >= 4 is 5.69 Å². The highest BCUT2D eigenvalue weighted by Gasteiger charge is 2.29. The van der Waals surface area contributed by atoms with E-state index in [9.17, 15) is 0 Å². The van der Waals surface area contributed by atoms with E-state index < -0.39 is 0 Å². The van der Waals surface area contributed by atoms with Crippen molar-refractivity contribution in [1.82, 2.24) is 5.32 Å². The molecule has 94 valence electrons. The molecule has 0 saturated carbocycles. The molecule has 0 aromatic heterocycles. The third-order valence-electron chi connectivity index (χ3n) is 3.53. The van der Waals surface area contributed by atoms with E-state index in [-0.39, 0.29) is 5.54 Å². The standard InChI is InChI=1S/C14H22N2O/c1-14(2)8-9-15-10-11-16(14)12-6-4-5-7-13(12)17-3/h4-7,15H,8-11H2,1-3H3. The molecular weight excluding hydrogens is 212 g/mol. The van der Waals surface area contributed by atoms with Crippen LogP contribution in [0.1, 0.15) is 20.3 Å². The molecule has 1 aromatic rings. The lowest BCUT2D eigenvalue weighted by molar-refractivity contribution is 0.402. The Labute approximate surface area is 104 Å². The molecule has 1 saturated heterocycles. The number of para-hydroxylation sites is 2. The number of methoxy groups -OCH3 is 1. The number of ether oxygens (including phenoxy) is 1. The predicted molar refractivity (Wildman–Crippen MR) is 71.9 cm³/mol. The van der Waals surface area contributed by atoms with Crippen LogP contribution in [0.4, 0.5) is 5.69 Å². The first-order chi connectivity index (χ1) is 8.15. The second kappa shape index (κ2) is 4.96. The Morgan fingerprint density at radius 2 is 2.00 bits per heavy atom. The van der Waals surface area contributed by atoms with E-state index in [4.69, 9.17) is 4.74 Å². The normalized spacial score (nSPS) is 19.8. The van der Waals surface area contributed by atoms with Gasteiger partial charge in [0.05, 0.1) is 12.8 Å². The molecule has 1 aliphatic rings. The molecule has 2 rings (SSSR count). The van der Waals surface area contributed by atoms with Crippen molar-refractivity contribution in [3.8, 4) is 5.75 Å². The van der Waals surface area contributed by atoms with Crippen LogP contribution in [0.2, 0.25) is 0 Å². The number of nitrogens with one attached hydrogen (secondary N) is 1. The number of anilines is 1. The van der Waals surface area contributed by atoms with Gasteiger partial charge in [-0.05, 0) is 38.9 Å². The lowest BCUT2D eigenvalue weighted by atomic mass is 9.97. The number of hydrogen-bond acceptors (Lipinski definition) is 3. The first kappa shape index (κ1) is 12.2. The molecule has 1 N–H and O–H groups in total. The summed E-state index contributed by atoms with van der Waals surface area (Å²) < 4.78 is 5.47. The van der Waals surface area contributed by atoms with Gasteiger partial charge in [-0.15, -0.1) is 0 Å². The monoisotopic (exact) mass is 234 g/mol. The third-order valence-corrected chi connectivity index (χ3v) is 3.53. The van der Waals surface area contributed by atoms with Gasteiger partial charge in [-0.1, -0.05) is 12.1 Å². The largest absolute Gasteiger partial charge is 0.495 e. The summed E-state index contributed by atoms with van der Waals surface area (Å²) in [6.07, 6.45) is 1.14. The van der Waals surface area contributed by atoms with Crippen molar-refractivity contribution in [2.45, 2.75) is 25.8 Å². The Morgan fingerprint density at radius 1 is 1.24 bits per heavy atom. The van der Waals surface area contributed by atoms with Crippen LogP contribution in [0.5, 0.6) is 5.75 Å². The van der Waals surface area contributed by atoms with Crippen molar-refractivity contribution in [2.24, 2.45) is 0 Å². The van der Waals surface area contributed by atoms with Gasteiger partial charge in [0.2, 0.25) is 0 Å². The average Bonchev–Trinajstić information content (AvgIpc) is 2.50. The second-order valence-electron chi connectivity index (χ2n) is 5.14. The summed E-state index contributed by atoms with van der Waals surface area (Å²) in [6, 6.07) is 8.27. The average molecular weight is 234 g/mol. The maximum Gasteiger partial charge on any atom is 0.142 e. The summed E-state index contributed by atoms with van der Waals surface area (Å²) >= 11 is 0. The molecule has 0 aliphatic carbocycles. The van der Waals surface area contributed by atoms with E-state index >= 15 is 0 Å². The van der Waals surface area contributed by atoms with Crippen LogP contribution in [0.15, 0.2) is 24.3 Å². The van der Waals surface area contributed by atoms with Gasteiger partial charge in [0, 0.05) is 18.6 Å². The van der Waals surface area contributed by atoms with Crippen LogP contribution < -0.4 is 15.0 Å². The molecule has 0 amide bonds. The fourth-order valence-electron chi connectivity index (χ4n) is 2.45. The molecule has 3 nitrogen and oxygen atoms in total. The highest BCUT2D eigenvalue weighted by molar-refractivity contribution is 5.60. The SMILES string of the molecule is COc1ccccc1N1CCNCCC1(C)C. The van der Waals surface area contributed by atoms with Gasteiger partial charge >= 0.3 is 0 Å². The smallest absolute Gasteiger partial charge is 0.142 e. The summed E-state index contributed by atoms with van der Waals surface area (Å²) in [5.74, 6) is 0.961. The van der Waals surface area contributed by atoms with Crippen LogP contribution in [0.3, 0.4) is 0 Å². The fraction of sp³-hybridized carbons (Fsp3) is 0.571. The van der Waals surface area contributed by atoms with Crippen molar-refractivity contribution in [1.29, 1.82) is 0 Å². The molecular formula is C14H22N2O. The molecule has 3 heteroatoms. The number of hydrogen-bond donors (Lipinski definition) is 1. The van der Waals surface area contributed by atoms with Crippen LogP contribution in [-0.4, -0.2) is 32.3 Å². The minimum atomic E-state index is 0.165. The highest BCUT2D eigenvalue weighted by atomic mass is 16.5.